The van der Waals surface area contributed by atoms with Gasteiger partial charge in [-0.25, -0.2) is 4.79 Å². The number of rotatable bonds is 3. The molecule has 0 aliphatic carbocycles. The van der Waals surface area contributed by atoms with Gasteiger partial charge in [0.05, 0.1) is 11.0 Å². The van der Waals surface area contributed by atoms with Crippen molar-refractivity contribution in [3.63, 3.8) is 0 Å². The number of H-pyrrole nitrogens is 1. The molecule has 3 aromatic carbocycles. The van der Waals surface area contributed by atoms with Gasteiger partial charge in [-0.1, -0.05) is 36.4 Å². The number of amides is 2. The maximum Gasteiger partial charge on any atom is 0.414 e. The lowest BCUT2D eigenvalue weighted by atomic mass is 9.93. The van der Waals surface area contributed by atoms with Crippen LogP contribution in [0, 0.1) is 6.92 Å². The molecule has 8 heteroatoms. The number of aryl methyl sites for hydroxylation is 1. The summed E-state index contributed by atoms with van der Waals surface area (Å²) in [6.07, 6.45) is -0.649. The Morgan fingerprint density at radius 3 is 2.72 bits per heavy atom. The van der Waals surface area contributed by atoms with Crippen molar-refractivity contribution < 1.29 is 19.4 Å². The van der Waals surface area contributed by atoms with Crippen molar-refractivity contribution in [2.24, 2.45) is 0 Å². The molecule has 0 fully saturated rings. The van der Waals surface area contributed by atoms with E-state index in [2.05, 4.69) is 15.3 Å². The summed E-state index contributed by atoms with van der Waals surface area (Å²) in [6, 6.07) is 19.6. The number of hydrogen-bond acceptors (Lipinski definition) is 5. The molecule has 2 amide bonds. The minimum atomic E-state index is -1.73. The van der Waals surface area contributed by atoms with Crippen LogP contribution in [0.25, 0.3) is 11.0 Å². The SMILES string of the molecule is CNC(=O)Oc1nc2ccc(C3(O)c4ccccc4C(=O)N3c3cccc(C)c3)cc2[nH]1. The highest BCUT2D eigenvalue weighted by Crippen LogP contribution is 2.45. The molecule has 4 aromatic rings. The molecular weight excluding hydrogens is 408 g/mol. The normalized spacial score (nSPS) is 17.5. The van der Waals surface area contributed by atoms with Crippen LogP contribution < -0.4 is 15.0 Å². The molecule has 0 spiro atoms. The summed E-state index contributed by atoms with van der Waals surface area (Å²) in [5, 5.41) is 14.5. The Morgan fingerprint density at radius 2 is 1.94 bits per heavy atom. The largest absolute Gasteiger partial charge is 0.414 e. The molecule has 3 N–H and O–H groups in total. The number of anilines is 1. The fourth-order valence-electron chi connectivity index (χ4n) is 4.11. The first-order valence-electron chi connectivity index (χ1n) is 10.0. The number of nitrogens with one attached hydrogen (secondary N) is 2. The molecule has 1 aliphatic rings. The molecule has 8 nitrogen and oxygen atoms in total. The van der Waals surface area contributed by atoms with Gasteiger partial charge >= 0.3 is 12.1 Å². The van der Waals surface area contributed by atoms with Crippen molar-refractivity contribution in [1.29, 1.82) is 0 Å². The molecule has 0 bridgehead atoms. The molecule has 0 saturated heterocycles. The molecule has 160 valence electrons. The van der Waals surface area contributed by atoms with Crippen LogP contribution in [0.1, 0.15) is 27.0 Å². The van der Waals surface area contributed by atoms with Crippen molar-refractivity contribution in [2.75, 3.05) is 11.9 Å². The fraction of sp³-hybridized carbons (Fsp3) is 0.125. The second kappa shape index (κ2) is 7.21. The van der Waals surface area contributed by atoms with Crippen LogP contribution >= 0.6 is 0 Å². The molecule has 0 radical (unpaired) electrons. The second-order valence-electron chi connectivity index (χ2n) is 7.61. The zero-order valence-electron chi connectivity index (χ0n) is 17.4. The van der Waals surface area contributed by atoms with E-state index in [0.29, 0.717) is 33.4 Å². The molecule has 0 saturated carbocycles. The Morgan fingerprint density at radius 1 is 1.12 bits per heavy atom. The van der Waals surface area contributed by atoms with Gasteiger partial charge in [-0.2, -0.15) is 4.98 Å². The summed E-state index contributed by atoms with van der Waals surface area (Å²) in [4.78, 5) is 33.5. The molecule has 32 heavy (non-hydrogen) atoms. The molecule has 2 heterocycles. The number of imidazole rings is 1. The van der Waals surface area contributed by atoms with E-state index in [9.17, 15) is 14.7 Å². The van der Waals surface area contributed by atoms with Crippen molar-refractivity contribution in [3.8, 4) is 6.01 Å². The van der Waals surface area contributed by atoms with E-state index in [1.54, 1.807) is 48.5 Å². The minimum Gasteiger partial charge on any atom is -0.375 e. The average molecular weight is 428 g/mol. The minimum absolute atomic E-state index is 0.0296. The number of carbonyl (C=O) groups is 2. The third kappa shape index (κ3) is 2.92. The Hall–Kier alpha value is -4.17. The summed E-state index contributed by atoms with van der Waals surface area (Å²) in [5.41, 5.74) is 2.32. The molecule has 1 unspecified atom stereocenters. The maximum absolute atomic E-state index is 13.4. The van der Waals surface area contributed by atoms with E-state index < -0.39 is 11.8 Å². The van der Waals surface area contributed by atoms with Crippen molar-refractivity contribution in [2.45, 2.75) is 12.6 Å². The van der Waals surface area contributed by atoms with Crippen LogP contribution in [-0.4, -0.2) is 34.1 Å². The zero-order chi connectivity index (χ0) is 22.5. The Bertz CT molecular complexity index is 1380. The van der Waals surface area contributed by atoms with Crippen molar-refractivity contribution in [3.05, 3.63) is 89.0 Å². The molecule has 1 atom stereocenters. The van der Waals surface area contributed by atoms with Crippen LogP contribution in [0.2, 0.25) is 0 Å². The summed E-state index contributed by atoms with van der Waals surface area (Å²) < 4.78 is 5.07. The number of ether oxygens (including phenoxy) is 1. The summed E-state index contributed by atoms with van der Waals surface area (Å²) >= 11 is 0. The fourth-order valence-corrected chi connectivity index (χ4v) is 4.11. The number of fused-ring (bicyclic) bond motifs is 2. The van der Waals surface area contributed by atoms with Crippen LogP contribution in [0.5, 0.6) is 6.01 Å². The zero-order valence-corrected chi connectivity index (χ0v) is 17.4. The first-order valence-corrected chi connectivity index (χ1v) is 10.0. The van der Waals surface area contributed by atoms with Crippen molar-refractivity contribution in [1.82, 2.24) is 15.3 Å². The lowest BCUT2D eigenvalue weighted by molar-refractivity contribution is 0.0704. The molecule has 1 aliphatic heterocycles. The number of nitrogens with zero attached hydrogens (tertiary/aromatic N) is 2. The van der Waals surface area contributed by atoms with Gasteiger partial charge in [0.25, 0.3) is 5.91 Å². The highest BCUT2D eigenvalue weighted by atomic mass is 16.6. The number of aromatic nitrogens is 2. The van der Waals surface area contributed by atoms with Crippen LogP contribution in [-0.2, 0) is 5.72 Å². The van der Waals surface area contributed by atoms with Gasteiger partial charge in [0.1, 0.15) is 0 Å². The van der Waals surface area contributed by atoms with E-state index in [-0.39, 0.29) is 11.9 Å². The number of benzene rings is 3. The van der Waals surface area contributed by atoms with E-state index >= 15 is 0 Å². The second-order valence-corrected chi connectivity index (χ2v) is 7.61. The van der Waals surface area contributed by atoms with Gasteiger partial charge in [-0.3, -0.25) is 9.69 Å². The third-order valence-electron chi connectivity index (χ3n) is 5.58. The maximum atomic E-state index is 13.4. The first-order chi connectivity index (χ1) is 15.4. The predicted molar refractivity (Wildman–Crippen MR) is 119 cm³/mol. The Balaban J connectivity index is 1.68. The summed E-state index contributed by atoms with van der Waals surface area (Å²) in [5.74, 6) is -0.290. The van der Waals surface area contributed by atoms with Gasteiger partial charge < -0.3 is 20.1 Å². The Labute approximate surface area is 183 Å². The molecule has 1 aromatic heterocycles. The molecule has 5 rings (SSSR count). The lowest BCUT2D eigenvalue weighted by Crippen LogP contribution is -2.45. The van der Waals surface area contributed by atoms with Gasteiger partial charge in [0, 0.05) is 29.4 Å². The van der Waals surface area contributed by atoms with Crippen LogP contribution in [0.4, 0.5) is 10.5 Å². The van der Waals surface area contributed by atoms with E-state index in [4.69, 9.17) is 4.74 Å². The smallest absolute Gasteiger partial charge is 0.375 e. The number of hydrogen-bond donors (Lipinski definition) is 3. The quantitative estimate of drug-likeness (QED) is 0.463. The first kappa shape index (κ1) is 19.8. The number of aromatic amines is 1. The summed E-state index contributed by atoms with van der Waals surface area (Å²) in [7, 11) is 1.45. The van der Waals surface area contributed by atoms with Gasteiger partial charge in [-0.05, 0) is 42.8 Å². The van der Waals surface area contributed by atoms with Crippen molar-refractivity contribution >= 4 is 28.7 Å². The van der Waals surface area contributed by atoms with Gasteiger partial charge in [-0.15, -0.1) is 0 Å². The standard InChI is InChI=1S/C24H20N4O4/c1-14-6-5-7-16(12-14)28-21(29)17-8-3-4-9-18(17)24(28,31)15-10-11-19-20(13-15)27-22(26-19)32-23(30)25-2/h3-13,31H,1-2H3,(H,25,30)(H,26,27). The monoisotopic (exact) mass is 428 g/mol. The highest BCUT2D eigenvalue weighted by Gasteiger charge is 2.50. The summed E-state index contributed by atoms with van der Waals surface area (Å²) in [6.45, 7) is 1.93. The molecular formula is C24H20N4O4. The highest BCUT2D eigenvalue weighted by molar-refractivity contribution is 6.12. The number of carbonyl (C=O) groups excluding carboxylic acids is 2. The van der Waals surface area contributed by atoms with E-state index in [0.717, 1.165) is 5.56 Å². The van der Waals surface area contributed by atoms with Gasteiger partial charge in [0.15, 0.2) is 5.72 Å². The van der Waals surface area contributed by atoms with E-state index in [1.807, 2.05) is 25.1 Å². The van der Waals surface area contributed by atoms with E-state index in [1.165, 1.54) is 11.9 Å². The average Bonchev–Trinajstić information content (AvgIpc) is 3.29. The Kier molecular flexibility index (Phi) is 4.45. The van der Waals surface area contributed by atoms with Crippen LogP contribution in [0.15, 0.2) is 66.7 Å². The lowest BCUT2D eigenvalue weighted by Gasteiger charge is -2.35. The number of aliphatic hydroxyl groups is 1. The van der Waals surface area contributed by atoms with Crippen LogP contribution in [0.3, 0.4) is 0 Å². The topological polar surface area (TPSA) is 108 Å². The third-order valence-corrected chi connectivity index (χ3v) is 5.58. The predicted octanol–water partition coefficient (Wildman–Crippen LogP) is 3.44. The van der Waals surface area contributed by atoms with Gasteiger partial charge in [0.2, 0.25) is 0 Å².